The van der Waals surface area contributed by atoms with Crippen LogP contribution in [0.4, 0.5) is 0 Å². The van der Waals surface area contributed by atoms with E-state index in [1.54, 1.807) is 11.3 Å². The first kappa shape index (κ1) is 13.7. The van der Waals surface area contributed by atoms with Crippen LogP contribution in [-0.2, 0) is 0 Å². The summed E-state index contributed by atoms with van der Waals surface area (Å²) in [4.78, 5) is 1.40. The molecule has 0 aliphatic carbocycles. The van der Waals surface area contributed by atoms with Gasteiger partial charge in [-0.25, -0.2) is 0 Å². The van der Waals surface area contributed by atoms with E-state index in [-0.39, 0.29) is 12.0 Å². The molecule has 1 heterocycles. The zero-order chi connectivity index (χ0) is 12.2. The molecule has 2 N–H and O–H groups in total. The molecule has 0 amide bonds. The van der Waals surface area contributed by atoms with Crippen molar-refractivity contribution in [3.05, 3.63) is 21.9 Å². The van der Waals surface area contributed by atoms with Gasteiger partial charge in [-0.2, -0.15) is 0 Å². The SMILES string of the molecule is CCC(C)(CO)CNC(C)c1sccc1C. The summed E-state index contributed by atoms with van der Waals surface area (Å²) in [6, 6.07) is 2.53. The van der Waals surface area contributed by atoms with Gasteiger partial charge in [-0.3, -0.25) is 0 Å². The summed E-state index contributed by atoms with van der Waals surface area (Å²) in [5, 5.41) is 15.0. The van der Waals surface area contributed by atoms with Crippen LogP contribution in [-0.4, -0.2) is 18.3 Å². The minimum absolute atomic E-state index is 0.000571. The van der Waals surface area contributed by atoms with E-state index in [4.69, 9.17) is 0 Å². The fourth-order valence-electron chi connectivity index (χ4n) is 1.61. The van der Waals surface area contributed by atoms with Gasteiger partial charge in [0, 0.05) is 29.5 Å². The first-order valence-corrected chi connectivity index (χ1v) is 6.78. The molecule has 0 aromatic carbocycles. The average molecular weight is 241 g/mol. The highest BCUT2D eigenvalue weighted by Gasteiger charge is 2.22. The highest BCUT2D eigenvalue weighted by atomic mass is 32.1. The molecule has 92 valence electrons. The lowest BCUT2D eigenvalue weighted by Gasteiger charge is -2.28. The Balaban J connectivity index is 2.53. The Kier molecular flexibility index (Phi) is 4.96. The number of hydrogen-bond donors (Lipinski definition) is 2. The van der Waals surface area contributed by atoms with E-state index in [1.165, 1.54) is 10.4 Å². The molecular weight excluding hydrogens is 218 g/mol. The molecule has 0 saturated carbocycles. The smallest absolute Gasteiger partial charge is 0.0496 e. The highest BCUT2D eigenvalue weighted by Crippen LogP contribution is 2.25. The Bertz CT molecular complexity index is 317. The Morgan fingerprint density at radius 3 is 2.69 bits per heavy atom. The zero-order valence-corrected chi connectivity index (χ0v) is 11.5. The van der Waals surface area contributed by atoms with Crippen molar-refractivity contribution in [2.45, 2.75) is 40.2 Å². The molecule has 0 saturated heterocycles. The third-order valence-electron chi connectivity index (χ3n) is 3.37. The van der Waals surface area contributed by atoms with Crippen LogP contribution in [0.15, 0.2) is 11.4 Å². The van der Waals surface area contributed by atoms with Crippen molar-refractivity contribution in [1.29, 1.82) is 0 Å². The summed E-state index contributed by atoms with van der Waals surface area (Å²) in [6.45, 7) is 9.68. The quantitative estimate of drug-likeness (QED) is 0.802. The van der Waals surface area contributed by atoms with Gasteiger partial charge in [-0.1, -0.05) is 13.8 Å². The van der Waals surface area contributed by atoms with Crippen LogP contribution in [0.1, 0.15) is 43.7 Å². The van der Waals surface area contributed by atoms with Gasteiger partial charge >= 0.3 is 0 Å². The largest absolute Gasteiger partial charge is 0.396 e. The summed E-state index contributed by atoms with van der Waals surface area (Å²) >= 11 is 1.80. The minimum atomic E-state index is -0.000571. The van der Waals surface area contributed by atoms with E-state index in [9.17, 15) is 5.11 Å². The molecule has 2 nitrogen and oxygen atoms in total. The number of nitrogens with one attached hydrogen (secondary N) is 1. The van der Waals surface area contributed by atoms with Crippen LogP contribution in [0.5, 0.6) is 0 Å². The molecule has 3 heteroatoms. The Morgan fingerprint density at radius 2 is 2.25 bits per heavy atom. The second kappa shape index (κ2) is 5.80. The fourth-order valence-corrected chi connectivity index (χ4v) is 2.57. The summed E-state index contributed by atoms with van der Waals surface area (Å²) in [5.74, 6) is 0. The van der Waals surface area contributed by atoms with Crippen molar-refractivity contribution < 1.29 is 5.11 Å². The third kappa shape index (κ3) is 3.30. The Labute approximate surface area is 103 Å². The van der Waals surface area contributed by atoms with E-state index in [0.717, 1.165) is 13.0 Å². The monoisotopic (exact) mass is 241 g/mol. The topological polar surface area (TPSA) is 32.3 Å². The number of aliphatic hydroxyl groups is 1. The van der Waals surface area contributed by atoms with Gasteiger partial charge in [0.05, 0.1) is 0 Å². The van der Waals surface area contributed by atoms with Gasteiger partial charge in [0.1, 0.15) is 0 Å². The molecule has 1 aromatic heterocycles. The van der Waals surface area contributed by atoms with Gasteiger partial charge in [-0.05, 0) is 37.3 Å². The molecule has 1 aromatic rings. The zero-order valence-electron chi connectivity index (χ0n) is 10.7. The number of rotatable bonds is 6. The maximum Gasteiger partial charge on any atom is 0.0496 e. The summed E-state index contributed by atoms with van der Waals surface area (Å²) < 4.78 is 0. The maximum atomic E-state index is 9.35. The van der Waals surface area contributed by atoms with Crippen LogP contribution in [0.25, 0.3) is 0 Å². The van der Waals surface area contributed by atoms with Crippen LogP contribution < -0.4 is 5.32 Å². The lowest BCUT2D eigenvalue weighted by atomic mass is 9.88. The van der Waals surface area contributed by atoms with Crippen molar-refractivity contribution in [3.8, 4) is 0 Å². The maximum absolute atomic E-state index is 9.35. The standard InChI is InChI=1S/C13H23NOS/c1-5-13(4,9-15)8-14-11(3)12-10(2)6-7-16-12/h6-7,11,14-15H,5,8-9H2,1-4H3. The van der Waals surface area contributed by atoms with Gasteiger partial charge in [0.25, 0.3) is 0 Å². The molecular formula is C13H23NOS. The van der Waals surface area contributed by atoms with Crippen LogP contribution in [0.3, 0.4) is 0 Å². The summed E-state index contributed by atoms with van der Waals surface area (Å²) in [5.41, 5.74) is 1.35. The average Bonchev–Trinajstić information content (AvgIpc) is 2.72. The predicted octanol–water partition coefficient (Wildman–Crippen LogP) is 3.12. The summed E-state index contributed by atoms with van der Waals surface area (Å²) in [6.07, 6.45) is 0.993. The first-order valence-electron chi connectivity index (χ1n) is 5.90. The summed E-state index contributed by atoms with van der Waals surface area (Å²) in [7, 11) is 0. The number of thiophene rings is 1. The normalized spacial score (nSPS) is 17.1. The van der Waals surface area contributed by atoms with Crippen LogP contribution in [0.2, 0.25) is 0 Å². The third-order valence-corrected chi connectivity index (χ3v) is 4.57. The van der Waals surface area contributed by atoms with Crippen molar-refractivity contribution >= 4 is 11.3 Å². The van der Waals surface area contributed by atoms with E-state index < -0.39 is 0 Å². The minimum Gasteiger partial charge on any atom is -0.396 e. The van der Waals surface area contributed by atoms with Crippen LogP contribution >= 0.6 is 11.3 Å². The number of aryl methyl sites for hydroxylation is 1. The van der Waals surface area contributed by atoms with Gasteiger partial charge < -0.3 is 10.4 Å². The van der Waals surface area contributed by atoms with Crippen molar-refractivity contribution in [2.75, 3.05) is 13.2 Å². The fraction of sp³-hybridized carbons (Fsp3) is 0.692. The second-order valence-corrected chi connectivity index (χ2v) is 5.84. The Morgan fingerprint density at radius 1 is 1.56 bits per heavy atom. The number of hydrogen-bond acceptors (Lipinski definition) is 3. The second-order valence-electron chi connectivity index (χ2n) is 4.89. The van der Waals surface area contributed by atoms with Crippen molar-refractivity contribution in [1.82, 2.24) is 5.32 Å². The van der Waals surface area contributed by atoms with E-state index in [0.29, 0.717) is 6.04 Å². The van der Waals surface area contributed by atoms with Crippen LogP contribution in [0, 0.1) is 12.3 Å². The molecule has 0 aliphatic rings. The van der Waals surface area contributed by atoms with E-state index >= 15 is 0 Å². The van der Waals surface area contributed by atoms with Crippen molar-refractivity contribution in [2.24, 2.45) is 5.41 Å². The van der Waals surface area contributed by atoms with Crippen molar-refractivity contribution in [3.63, 3.8) is 0 Å². The number of aliphatic hydroxyl groups excluding tert-OH is 1. The first-order chi connectivity index (χ1) is 7.52. The molecule has 16 heavy (non-hydrogen) atoms. The van der Waals surface area contributed by atoms with Gasteiger partial charge in [-0.15, -0.1) is 11.3 Å². The van der Waals surface area contributed by atoms with Gasteiger partial charge in [0.15, 0.2) is 0 Å². The molecule has 0 fully saturated rings. The lowest BCUT2D eigenvalue weighted by Crippen LogP contribution is -2.35. The van der Waals surface area contributed by atoms with E-state index in [2.05, 4.69) is 44.5 Å². The van der Waals surface area contributed by atoms with E-state index in [1.807, 2.05) is 0 Å². The molecule has 0 radical (unpaired) electrons. The molecule has 1 rings (SSSR count). The molecule has 0 aliphatic heterocycles. The molecule has 0 spiro atoms. The molecule has 2 unspecified atom stereocenters. The van der Waals surface area contributed by atoms with Gasteiger partial charge in [0.2, 0.25) is 0 Å². The highest BCUT2D eigenvalue weighted by molar-refractivity contribution is 7.10. The molecule has 0 bridgehead atoms. The predicted molar refractivity (Wildman–Crippen MR) is 71.0 cm³/mol. The lowest BCUT2D eigenvalue weighted by molar-refractivity contribution is 0.132. The molecule has 2 atom stereocenters. The Hall–Kier alpha value is -0.380.